The first-order chi connectivity index (χ1) is 13.8. The molecule has 1 unspecified atom stereocenters. The van der Waals surface area contributed by atoms with Gasteiger partial charge in [-0.15, -0.1) is 0 Å². The second-order valence-electron chi connectivity index (χ2n) is 8.01. The lowest BCUT2D eigenvalue weighted by molar-refractivity contribution is -0.137. The molecular weight excluding hydrogens is 374 g/mol. The fourth-order valence-corrected chi connectivity index (χ4v) is 4.12. The Hall–Kier alpha value is -2.71. The molecule has 0 bridgehead atoms. The Morgan fingerprint density at radius 2 is 1.86 bits per heavy atom. The third-order valence-electron chi connectivity index (χ3n) is 5.85. The van der Waals surface area contributed by atoms with E-state index in [1.807, 2.05) is 18.7 Å². The van der Waals surface area contributed by atoms with Crippen LogP contribution in [0.15, 0.2) is 6.20 Å². The summed E-state index contributed by atoms with van der Waals surface area (Å²) in [5.41, 5.74) is 1.18. The Morgan fingerprint density at radius 1 is 1.17 bits per heavy atom. The van der Waals surface area contributed by atoms with Gasteiger partial charge in [-0.1, -0.05) is 0 Å². The van der Waals surface area contributed by atoms with Crippen molar-refractivity contribution >= 4 is 23.6 Å². The van der Waals surface area contributed by atoms with Crippen LogP contribution in [-0.2, 0) is 14.4 Å². The standard InChI is InChI=1S/C20H29N5O4/c1-14-13-21-15(2)19(22-14)25-11-9-24(10-12-25)17(27)4-7-20(8-5-18(28)29)6-3-16(26)23-20/h13H,3-12H2,1-2H3,(H,23,26)(H,28,29). The van der Waals surface area contributed by atoms with Crippen molar-refractivity contribution in [1.29, 1.82) is 0 Å². The van der Waals surface area contributed by atoms with Crippen LogP contribution in [0.25, 0.3) is 0 Å². The molecule has 3 heterocycles. The van der Waals surface area contributed by atoms with Gasteiger partial charge < -0.3 is 20.2 Å². The minimum atomic E-state index is -0.887. The third-order valence-corrected chi connectivity index (χ3v) is 5.85. The van der Waals surface area contributed by atoms with Gasteiger partial charge in [0, 0.05) is 57.2 Å². The van der Waals surface area contributed by atoms with Crippen molar-refractivity contribution in [2.24, 2.45) is 0 Å². The highest BCUT2D eigenvalue weighted by molar-refractivity contribution is 5.80. The Labute approximate surface area is 170 Å². The van der Waals surface area contributed by atoms with Crippen molar-refractivity contribution in [2.45, 2.75) is 57.9 Å². The first kappa shape index (κ1) is 21.0. The average Bonchev–Trinajstić information content (AvgIpc) is 3.08. The molecule has 0 saturated carbocycles. The summed E-state index contributed by atoms with van der Waals surface area (Å²) in [7, 11) is 0. The van der Waals surface area contributed by atoms with Crippen molar-refractivity contribution in [2.75, 3.05) is 31.1 Å². The maximum absolute atomic E-state index is 12.7. The number of hydrogen-bond acceptors (Lipinski definition) is 6. The van der Waals surface area contributed by atoms with Gasteiger partial charge in [-0.25, -0.2) is 4.98 Å². The summed E-state index contributed by atoms with van der Waals surface area (Å²) >= 11 is 0. The van der Waals surface area contributed by atoms with Crippen LogP contribution in [0.4, 0.5) is 5.82 Å². The summed E-state index contributed by atoms with van der Waals surface area (Å²) in [5.74, 6) is -0.0282. The van der Waals surface area contributed by atoms with Crippen LogP contribution in [0.3, 0.4) is 0 Å². The van der Waals surface area contributed by atoms with Gasteiger partial charge >= 0.3 is 5.97 Å². The molecule has 0 radical (unpaired) electrons. The zero-order chi connectivity index (χ0) is 21.0. The van der Waals surface area contributed by atoms with E-state index in [1.54, 1.807) is 6.20 Å². The lowest BCUT2D eigenvalue weighted by atomic mass is 9.86. The van der Waals surface area contributed by atoms with E-state index in [1.165, 1.54) is 0 Å². The predicted molar refractivity (Wildman–Crippen MR) is 107 cm³/mol. The van der Waals surface area contributed by atoms with Gasteiger partial charge in [-0.3, -0.25) is 19.4 Å². The summed E-state index contributed by atoms with van der Waals surface area (Å²) in [4.78, 5) is 48.3. The highest BCUT2D eigenvalue weighted by Gasteiger charge is 2.38. The first-order valence-electron chi connectivity index (χ1n) is 10.1. The Bertz CT molecular complexity index is 791. The fraction of sp³-hybridized carbons (Fsp3) is 0.650. The molecule has 0 spiro atoms. The van der Waals surface area contributed by atoms with Gasteiger partial charge in [-0.05, 0) is 33.1 Å². The molecule has 2 saturated heterocycles. The van der Waals surface area contributed by atoms with Gasteiger partial charge in [0.2, 0.25) is 11.8 Å². The molecule has 2 amide bonds. The van der Waals surface area contributed by atoms with Crippen molar-refractivity contribution in [3.63, 3.8) is 0 Å². The van der Waals surface area contributed by atoms with E-state index in [4.69, 9.17) is 5.11 Å². The zero-order valence-electron chi connectivity index (χ0n) is 17.1. The van der Waals surface area contributed by atoms with Gasteiger partial charge in [0.25, 0.3) is 0 Å². The fourth-order valence-electron chi connectivity index (χ4n) is 4.12. The van der Waals surface area contributed by atoms with Crippen LogP contribution in [-0.4, -0.2) is 69.5 Å². The minimum absolute atomic E-state index is 0.00990. The number of carboxylic acids is 1. The molecule has 2 N–H and O–H groups in total. The molecule has 2 aliphatic rings. The molecule has 2 fully saturated rings. The van der Waals surface area contributed by atoms with Crippen molar-refractivity contribution in [3.05, 3.63) is 17.6 Å². The highest BCUT2D eigenvalue weighted by atomic mass is 16.4. The quantitative estimate of drug-likeness (QED) is 0.699. The van der Waals surface area contributed by atoms with Crippen LogP contribution in [0.1, 0.15) is 49.9 Å². The molecule has 1 atom stereocenters. The number of carboxylic acid groups (broad SMARTS) is 1. The normalized spacial score (nSPS) is 21.9. The van der Waals surface area contributed by atoms with Gasteiger partial charge in [0.1, 0.15) is 5.82 Å². The molecule has 0 aromatic carbocycles. The SMILES string of the molecule is Cc1cnc(C)c(N2CCN(C(=O)CCC3(CCC(=O)O)CCC(=O)N3)CC2)n1. The first-order valence-corrected chi connectivity index (χ1v) is 10.1. The zero-order valence-corrected chi connectivity index (χ0v) is 17.1. The number of amides is 2. The van der Waals surface area contributed by atoms with Crippen LogP contribution in [0.5, 0.6) is 0 Å². The summed E-state index contributed by atoms with van der Waals surface area (Å²) in [6, 6.07) is 0. The molecule has 1 aromatic rings. The number of carbonyl (C=O) groups excluding carboxylic acids is 2. The highest BCUT2D eigenvalue weighted by Crippen LogP contribution is 2.30. The number of piperazine rings is 1. The predicted octanol–water partition coefficient (Wildman–Crippen LogP) is 1.04. The minimum Gasteiger partial charge on any atom is -0.481 e. The molecule has 29 heavy (non-hydrogen) atoms. The number of hydrogen-bond donors (Lipinski definition) is 2. The van der Waals surface area contributed by atoms with Crippen molar-refractivity contribution in [3.8, 4) is 0 Å². The maximum atomic E-state index is 12.7. The van der Waals surface area contributed by atoms with E-state index < -0.39 is 11.5 Å². The number of aromatic nitrogens is 2. The second-order valence-corrected chi connectivity index (χ2v) is 8.01. The molecule has 9 heteroatoms. The lowest BCUT2D eigenvalue weighted by Crippen LogP contribution is -2.50. The lowest BCUT2D eigenvalue weighted by Gasteiger charge is -2.36. The monoisotopic (exact) mass is 403 g/mol. The average molecular weight is 403 g/mol. The van der Waals surface area contributed by atoms with Crippen LogP contribution in [0, 0.1) is 13.8 Å². The number of nitrogens with one attached hydrogen (secondary N) is 1. The number of carbonyl (C=O) groups is 3. The molecule has 3 rings (SSSR count). The number of aliphatic carboxylic acids is 1. The second kappa shape index (κ2) is 8.75. The van der Waals surface area contributed by atoms with E-state index in [0.29, 0.717) is 58.3 Å². The van der Waals surface area contributed by atoms with Gasteiger partial charge in [-0.2, -0.15) is 0 Å². The number of aryl methyl sites for hydroxylation is 2. The molecule has 2 aliphatic heterocycles. The molecule has 9 nitrogen and oxygen atoms in total. The van der Waals surface area contributed by atoms with E-state index in [0.717, 1.165) is 17.2 Å². The van der Waals surface area contributed by atoms with E-state index in [9.17, 15) is 14.4 Å². The van der Waals surface area contributed by atoms with Gasteiger partial charge in [0.15, 0.2) is 0 Å². The van der Waals surface area contributed by atoms with Crippen LogP contribution < -0.4 is 10.2 Å². The van der Waals surface area contributed by atoms with Crippen molar-refractivity contribution in [1.82, 2.24) is 20.2 Å². The number of anilines is 1. The third kappa shape index (κ3) is 5.21. The topological polar surface area (TPSA) is 116 Å². The Kier molecular flexibility index (Phi) is 6.34. The van der Waals surface area contributed by atoms with Crippen LogP contribution >= 0.6 is 0 Å². The maximum Gasteiger partial charge on any atom is 0.303 e. The summed E-state index contributed by atoms with van der Waals surface area (Å²) in [5, 5.41) is 11.9. The summed E-state index contributed by atoms with van der Waals surface area (Å²) in [6.45, 7) is 6.48. The molecular formula is C20H29N5O4. The van der Waals surface area contributed by atoms with Crippen LogP contribution in [0.2, 0.25) is 0 Å². The molecule has 0 aliphatic carbocycles. The summed E-state index contributed by atoms with van der Waals surface area (Å²) < 4.78 is 0. The van der Waals surface area contributed by atoms with E-state index in [2.05, 4.69) is 20.2 Å². The van der Waals surface area contributed by atoms with E-state index in [-0.39, 0.29) is 18.2 Å². The largest absolute Gasteiger partial charge is 0.481 e. The van der Waals surface area contributed by atoms with E-state index >= 15 is 0 Å². The molecule has 1 aromatic heterocycles. The Morgan fingerprint density at radius 3 is 2.48 bits per heavy atom. The van der Waals surface area contributed by atoms with Crippen molar-refractivity contribution < 1.29 is 19.5 Å². The van der Waals surface area contributed by atoms with Gasteiger partial charge in [0.05, 0.1) is 11.4 Å². The number of rotatable bonds is 7. The molecule has 158 valence electrons. The number of nitrogens with zero attached hydrogens (tertiary/aromatic N) is 4. The summed E-state index contributed by atoms with van der Waals surface area (Å²) in [6.07, 6.45) is 3.87. The smallest absolute Gasteiger partial charge is 0.303 e. The Balaban J connectivity index is 1.53.